The van der Waals surface area contributed by atoms with Crippen molar-refractivity contribution in [1.82, 2.24) is 9.88 Å². The van der Waals surface area contributed by atoms with Crippen LogP contribution >= 0.6 is 0 Å². The first-order valence-corrected chi connectivity index (χ1v) is 5.77. The monoisotopic (exact) mass is 220 g/mol. The maximum Gasteiger partial charge on any atom is 0.133 e. The van der Waals surface area contributed by atoms with Crippen molar-refractivity contribution < 1.29 is 0 Å². The third kappa shape index (κ3) is 2.18. The summed E-state index contributed by atoms with van der Waals surface area (Å²) in [7, 11) is 4.27. The lowest BCUT2D eigenvalue weighted by Crippen LogP contribution is -2.32. The number of nitrogens with zero attached hydrogens (tertiary/aromatic N) is 3. The summed E-state index contributed by atoms with van der Waals surface area (Å²) in [5, 5.41) is 0. The summed E-state index contributed by atoms with van der Waals surface area (Å²) in [6, 6.07) is 4.64. The number of pyridine rings is 1. The molecule has 16 heavy (non-hydrogen) atoms. The summed E-state index contributed by atoms with van der Waals surface area (Å²) in [5.74, 6) is 1.06. The molecule has 2 heterocycles. The van der Waals surface area contributed by atoms with Gasteiger partial charge < -0.3 is 15.5 Å². The van der Waals surface area contributed by atoms with Crippen LogP contribution in [0, 0.1) is 0 Å². The molecule has 1 aliphatic rings. The van der Waals surface area contributed by atoms with Crippen LogP contribution < -0.4 is 10.6 Å². The maximum atomic E-state index is 5.74. The first-order chi connectivity index (χ1) is 7.72. The molecule has 0 amide bonds. The molecule has 1 aliphatic heterocycles. The molecule has 0 radical (unpaired) electrons. The van der Waals surface area contributed by atoms with Crippen LogP contribution in [0.15, 0.2) is 18.3 Å². The van der Waals surface area contributed by atoms with E-state index in [1.807, 2.05) is 12.3 Å². The van der Waals surface area contributed by atoms with Gasteiger partial charge in [0.25, 0.3) is 0 Å². The number of anilines is 1. The van der Waals surface area contributed by atoms with Crippen LogP contribution in [0.4, 0.5) is 5.82 Å². The van der Waals surface area contributed by atoms with Crippen molar-refractivity contribution in [3.63, 3.8) is 0 Å². The van der Waals surface area contributed by atoms with Gasteiger partial charge in [0.15, 0.2) is 0 Å². The van der Waals surface area contributed by atoms with Gasteiger partial charge in [0, 0.05) is 37.4 Å². The second kappa shape index (κ2) is 4.80. The molecule has 0 saturated carbocycles. The molecular formula is C12H20N4. The molecule has 0 aromatic carbocycles. The van der Waals surface area contributed by atoms with Gasteiger partial charge in [-0.2, -0.15) is 0 Å². The molecule has 1 saturated heterocycles. The Labute approximate surface area is 97.1 Å². The summed E-state index contributed by atoms with van der Waals surface area (Å²) in [6.07, 6.45) is 3.05. The first-order valence-electron chi connectivity index (χ1n) is 5.77. The zero-order valence-electron chi connectivity index (χ0n) is 10.1. The Bertz CT molecular complexity index is 351. The first kappa shape index (κ1) is 11.4. The van der Waals surface area contributed by atoms with Gasteiger partial charge in [-0.3, -0.25) is 0 Å². The predicted octanol–water partition coefficient (Wildman–Crippen LogP) is 0.681. The number of likely N-dealkylation sites (N-methyl/N-ethyl adjacent to an activating group) is 1. The van der Waals surface area contributed by atoms with E-state index in [-0.39, 0.29) is 0 Å². The van der Waals surface area contributed by atoms with Gasteiger partial charge in [0.2, 0.25) is 0 Å². The molecule has 4 nitrogen and oxygen atoms in total. The lowest BCUT2D eigenvalue weighted by Gasteiger charge is -2.22. The summed E-state index contributed by atoms with van der Waals surface area (Å²) in [5.41, 5.74) is 6.88. The SMILES string of the molecule is CN(C)C1CCN(c2ncccc2CN)C1. The van der Waals surface area contributed by atoms with Gasteiger partial charge in [0.1, 0.15) is 5.82 Å². The molecule has 0 aliphatic carbocycles. The highest BCUT2D eigenvalue weighted by atomic mass is 15.3. The summed E-state index contributed by atoms with van der Waals surface area (Å²) in [4.78, 5) is 9.08. The van der Waals surface area contributed by atoms with Crippen molar-refractivity contribution in [3.8, 4) is 0 Å². The number of aromatic nitrogens is 1. The van der Waals surface area contributed by atoms with Gasteiger partial charge >= 0.3 is 0 Å². The van der Waals surface area contributed by atoms with Crippen molar-refractivity contribution in [2.24, 2.45) is 5.73 Å². The highest BCUT2D eigenvalue weighted by Crippen LogP contribution is 2.23. The molecule has 4 heteroatoms. The van der Waals surface area contributed by atoms with Gasteiger partial charge in [0.05, 0.1) is 0 Å². The van der Waals surface area contributed by atoms with Crippen molar-refractivity contribution >= 4 is 5.82 Å². The Balaban J connectivity index is 2.14. The molecule has 1 atom stereocenters. The van der Waals surface area contributed by atoms with E-state index in [9.17, 15) is 0 Å². The van der Waals surface area contributed by atoms with E-state index in [1.165, 1.54) is 6.42 Å². The fraction of sp³-hybridized carbons (Fsp3) is 0.583. The normalized spacial score (nSPS) is 20.8. The molecular weight excluding hydrogens is 200 g/mol. The van der Waals surface area contributed by atoms with Gasteiger partial charge in [-0.15, -0.1) is 0 Å². The highest BCUT2D eigenvalue weighted by molar-refractivity contribution is 5.47. The minimum atomic E-state index is 0.562. The summed E-state index contributed by atoms with van der Waals surface area (Å²) >= 11 is 0. The topological polar surface area (TPSA) is 45.4 Å². The highest BCUT2D eigenvalue weighted by Gasteiger charge is 2.25. The van der Waals surface area contributed by atoms with Crippen LogP contribution in [0.2, 0.25) is 0 Å². The van der Waals surface area contributed by atoms with Crippen LogP contribution in [-0.4, -0.2) is 43.1 Å². The minimum absolute atomic E-state index is 0.562. The zero-order valence-corrected chi connectivity index (χ0v) is 10.1. The van der Waals surface area contributed by atoms with Crippen molar-refractivity contribution in [2.45, 2.75) is 19.0 Å². The second-order valence-corrected chi connectivity index (χ2v) is 4.54. The lowest BCUT2D eigenvalue weighted by molar-refractivity contribution is 0.315. The average Bonchev–Trinajstić information content (AvgIpc) is 2.78. The van der Waals surface area contributed by atoms with Crippen LogP contribution in [0.5, 0.6) is 0 Å². The number of rotatable bonds is 3. The van der Waals surface area contributed by atoms with Gasteiger partial charge in [-0.25, -0.2) is 4.98 Å². The third-order valence-electron chi connectivity index (χ3n) is 3.28. The third-order valence-corrected chi connectivity index (χ3v) is 3.28. The minimum Gasteiger partial charge on any atom is -0.355 e. The standard InChI is InChI=1S/C12H20N4/c1-15(2)11-5-7-16(9-11)12-10(8-13)4-3-6-14-12/h3-4,6,11H,5,7-9,13H2,1-2H3. The molecule has 1 aromatic rings. The largest absolute Gasteiger partial charge is 0.355 e. The van der Waals surface area contributed by atoms with E-state index in [0.717, 1.165) is 24.5 Å². The molecule has 2 N–H and O–H groups in total. The van der Waals surface area contributed by atoms with E-state index < -0.39 is 0 Å². The Morgan fingerprint density at radius 3 is 3.00 bits per heavy atom. The fourth-order valence-corrected chi connectivity index (χ4v) is 2.23. The molecule has 1 unspecified atom stereocenters. The van der Waals surface area contributed by atoms with Gasteiger partial charge in [-0.05, 0) is 26.6 Å². The van der Waals surface area contributed by atoms with Crippen LogP contribution in [0.3, 0.4) is 0 Å². The fourth-order valence-electron chi connectivity index (χ4n) is 2.23. The second-order valence-electron chi connectivity index (χ2n) is 4.54. The smallest absolute Gasteiger partial charge is 0.133 e. The van der Waals surface area contributed by atoms with Crippen molar-refractivity contribution in [3.05, 3.63) is 23.9 Å². The Morgan fingerprint density at radius 2 is 2.38 bits per heavy atom. The van der Waals surface area contributed by atoms with Crippen molar-refractivity contribution in [2.75, 3.05) is 32.1 Å². The molecule has 2 rings (SSSR count). The van der Waals surface area contributed by atoms with E-state index in [1.54, 1.807) is 0 Å². The van der Waals surface area contributed by atoms with E-state index in [4.69, 9.17) is 5.73 Å². The van der Waals surface area contributed by atoms with E-state index >= 15 is 0 Å². The number of nitrogens with two attached hydrogens (primary N) is 1. The molecule has 88 valence electrons. The van der Waals surface area contributed by atoms with Crippen LogP contribution in [0.25, 0.3) is 0 Å². The average molecular weight is 220 g/mol. The van der Waals surface area contributed by atoms with Gasteiger partial charge in [-0.1, -0.05) is 6.07 Å². The van der Waals surface area contributed by atoms with E-state index in [2.05, 4.69) is 34.9 Å². The van der Waals surface area contributed by atoms with Crippen molar-refractivity contribution in [1.29, 1.82) is 0 Å². The summed E-state index contributed by atoms with van der Waals surface area (Å²) < 4.78 is 0. The summed E-state index contributed by atoms with van der Waals surface area (Å²) in [6.45, 7) is 2.69. The van der Waals surface area contributed by atoms with Crippen LogP contribution in [-0.2, 0) is 6.54 Å². The molecule has 1 fully saturated rings. The van der Waals surface area contributed by atoms with E-state index in [0.29, 0.717) is 12.6 Å². The number of hydrogen-bond donors (Lipinski definition) is 1. The number of hydrogen-bond acceptors (Lipinski definition) is 4. The predicted molar refractivity (Wildman–Crippen MR) is 66.4 cm³/mol. The lowest BCUT2D eigenvalue weighted by atomic mass is 10.2. The molecule has 1 aromatic heterocycles. The zero-order chi connectivity index (χ0) is 11.5. The molecule has 0 spiro atoms. The Morgan fingerprint density at radius 1 is 1.56 bits per heavy atom. The quantitative estimate of drug-likeness (QED) is 0.813. The molecule has 0 bridgehead atoms. The maximum absolute atomic E-state index is 5.74. The Kier molecular flexibility index (Phi) is 3.41. The Hall–Kier alpha value is -1.13. The van der Waals surface area contributed by atoms with Crippen LogP contribution in [0.1, 0.15) is 12.0 Å².